The van der Waals surface area contributed by atoms with Crippen molar-refractivity contribution in [2.75, 3.05) is 46.6 Å². The summed E-state index contributed by atoms with van der Waals surface area (Å²) < 4.78 is 17.0. The average Bonchev–Trinajstić information content (AvgIpc) is 3.45. The predicted molar refractivity (Wildman–Crippen MR) is 349 cm³/mol. The highest BCUT2D eigenvalue weighted by molar-refractivity contribution is 5.74. The van der Waals surface area contributed by atoms with E-state index in [1.165, 1.54) is 283 Å². The molecule has 0 amide bonds. The van der Waals surface area contributed by atoms with Crippen LogP contribution in [0.4, 0.5) is 0 Å². The van der Waals surface area contributed by atoms with Gasteiger partial charge in [0.2, 0.25) is 0 Å². The summed E-state index contributed by atoms with van der Waals surface area (Å²) in [4.78, 5) is 39.0. The van der Waals surface area contributed by atoms with Crippen molar-refractivity contribution >= 4 is 17.9 Å². The van der Waals surface area contributed by atoms with Crippen molar-refractivity contribution in [3.05, 3.63) is 0 Å². The largest absolute Gasteiger partial charge is 0.466 e. The zero-order valence-electron chi connectivity index (χ0n) is 55.7. The fraction of sp³-hybridized carbons (Fsp3) is 0.959. The maximum absolute atomic E-state index is 12.4. The number of unbranched alkanes of at least 4 members (excludes halogenated alkanes) is 32. The number of carbonyl (C=O) groups is 3. The number of carbonyl (C=O) groups excluding carboxylic acids is 3. The van der Waals surface area contributed by atoms with Gasteiger partial charge in [-0.1, -0.05) is 311 Å². The first-order valence-corrected chi connectivity index (χ1v) is 36.4. The molecule has 1 aliphatic heterocycles. The third-order valence-corrected chi connectivity index (χ3v) is 18.0. The topological polar surface area (TPSA) is 102 Å². The predicted octanol–water partition coefficient (Wildman–Crippen LogP) is 22.0. The molecule has 1 aliphatic rings. The molecule has 81 heavy (non-hydrogen) atoms. The van der Waals surface area contributed by atoms with Crippen LogP contribution in [0, 0.1) is 29.6 Å². The first-order valence-electron chi connectivity index (χ1n) is 36.4. The minimum absolute atomic E-state index is 0.00207. The van der Waals surface area contributed by atoms with Crippen molar-refractivity contribution in [3.8, 4) is 0 Å². The van der Waals surface area contributed by atoms with Crippen LogP contribution >= 0.6 is 0 Å². The maximum atomic E-state index is 12.4. The fourth-order valence-corrected chi connectivity index (χ4v) is 12.2. The number of hydrogen-bond acceptors (Lipinski definition) is 8. The Morgan fingerprint density at radius 1 is 0.346 bits per heavy atom. The number of esters is 3. The molecule has 1 N–H and O–H groups in total. The van der Waals surface area contributed by atoms with Gasteiger partial charge in [0.1, 0.15) is 0 Å². The van der Waals surface area contributed by atoms with E-state index in [0.29, 0.717) is 51.1 Å². The van der Waals surface area contributed by atoms with Crippen LogP contribution < -0.4 is 0 Å². The molecule has 1 fully saturated rings. The monoisotopic (exact) mass is 1150 g/mol. The van der Waals surface area contributed by atoms with E-state index in [0.717, 1.165) is 63.5 Å². The van der Waals surface area contributed by atoms with Gasteiger partial charge in [0.25, 0.3) is 0 Å². The van der Waals surface area contributed by atoms with Gasteiger partial charge in [-0.15, -0.1) is 0 Å². The minimum atomic E-state index is -0.00207. The van der Waals surface area contributed by atoms with Crippen LogP contribution in [0.1, 0.15) is 375 Å². The second-order valence-electron chi connectivity index (χ2n) is 26.0. The Kier molecular flexibility index (Phi) is 61.6. The van der Waals surface area contributed by atoms with Gasteiger partial charge in [0.05, 0.1) is 25.7 Å². The number of ether oxygens (including phenoxy) is 3. The highest BCUT2D eigenvalue weighted by atomic mass is 16.5. The zero-order valence-corrected chi connectivity index (χ0v) is 55.7. The summed E-state index contributed by atoms with van der Waals surface area (Å²) in [6, 6.07) is 0. The summed E-state index contributed by atoms with van der Waals surface area (Å²) >= 11 is 0. The summed E-state index contributed by atoms with van der Waals surface area (Å²) in [5.74, 6) is 2.57. The summed E-state index contributed by atoms with van der Waals surface area (Å²) in [6.45, 7) is 17.5. The minimum Gasteiger partial charge on any atom is -0.466 e. The second-order valence-corrected chi connectivity index (χ2v) is 26.0. The van der Waals surface area contributed by atoms with Crippen molar-refractivity contribution in [1.29, 1.82) is 0 Å². The Morgan fingerprint density at radius 2 is 0.605 bits per heavy atom. The summed E-state index contributed by atoms with van der Waals surface area (Å²) in [6.07, 6.45) is 64.4. The molecule has 2 unspecified atom stereocenters. The number of rotatable bonds is 62. The molecule has 0 aromatic carbocycles. The molecule has 0 radical (unpaired) electrons. The van der Waals surface area contributed by atoms with Crippen molar-refractivity contribution < 1.29 is 33.7 Å². The molecule has 482 valence electrons. The van der Waals surface area contributed by atoms with E-state index < -0.39 is 0 Å². The van der Waals surface area contributed by atoms with Crippen LogP contribution in [0.15, 0.2) is 0 Å². The van der Waals surface area contributed by atoms with E-state index in [9.17, 15) is 19.5 Å². The third-order valence-electron chi connectivity index (χ3n) is 18.0. The first-order chi connectivity index (χ1) is 39.7. The highest BCUT2D eigenvalue weighted by Crippen LogP contribution is 2.26. The highest BCUT2D eigenvalue weighted by Gasteiger charge is 2.31. The molecule has 1 saturated heterocycles. The lowest BCUT2D eigenvalue weighted by Gasteiger charge is -2.34. The lowest BCUT2D eigenvalue weighted by Crippen LogP contribution is -2.48. The Labute approximate surface area is 505 Å². The molecule has 0 aromatic heterocycles. The molecule has 0 aromatic rings. The van der Waals surface area contributed by atoms with Crippen LogP contribution in [-0.2, 0) is 28.6 Å². The molecular weight excluding hydrogens is 1000 g/mol. The third kappa shape index (κ3) is 54.7. The SMILES string of the molecule is CCCCCCCCCCC(CCCCCCCCC(=O)OCCC(CCCCC)CCCCC)COC(=O)C1CN(C)C1.CCCCCCCCCCC(CO)CCCCCCCCC(=O)OCCC(CCCCC)CCCCC. The molecule has 0 bridgehead atoms. The number of nitrogens with zero attached hydrogens (tertiary/aromatic N) is 1. The van der Waals surface area contributed by atoms with Crippen molar-refractivity contribution in [2.24, 2.45) is 29.6 Å². The lowest BCUT2D eigenvalue weighted by atomic mass is 9.92. The molecule has 0 spiro atoms. The van der Waals surface area contributed by atoms with E-state index in [-0.39, 0.29) is 23.8 Å². The number of aliphatic hydroxyl groups is 1. The van der Waals surface area contributed by atoms with E-state index in [1.54, 1.807) is 0 Å². The Balaban J connectivity index is 0.00000161. The van der Waals surface area contributed by atoms with Crippen LogP contribution in [0.3, 0.4) is 0 Å². The second kappa shape index (κ2) is 62.8. The van der Waals surface area contributed by atoms with Crippen molar-refractivity contribution in [1.82, 2.24) is 4.90 Å². The van der Waals surface area contributed by atoms with Gasteiger partial charge in [-0.25, -0.2) is 0 Å². The van der Waals surface area contributed by atoms with E-state index in [1.807, 2.05) is 0 Å². The smallest absolute Gasteiger partial charge is 0.311 e. The molecule has 2 atom stereocenters. The van der Waals surface area contributed by atoms with E-state index >= 15 is 0 Å². The summed E-state index contributed by atoms with van der Waals surface area (Å²) in [5.41, 5.74) is 0. The van der Waals surface area contributed by atoms with Crippen LogP contribution in [0.25, 0.3) is 0 Å². The molecule has 0 aliphatic carbocycles. The van der Waals surface area contributed by atoms with E-state index in [2.05, 4.69) is 53.5 Å². The van der Waals surface area contributed by atoms with Gasteiger partial charge >= 0.3 is 17.9 Å². The maximum Gasteiger partial charge on any atom is 0.311 e. The average molecular weight is 1150 g/mol. The molecule has 1 heterocycles. The van der Waals surface area contributed by atoms with Crippen molar-refractivity contribution in [3.63, 3.8) is 0 Å². The van der Waals surface area contributed by atoms with Crippen LogP contribution in [0.5, 0.6) is 0 Å². The van der Waals surface area contributed by atoms with Crippen molar-refractivity contribution in [2.45, 2.75) is 375 Å². The Morgan fingerprint density at radius 3 is 0.914 bits per heavy atom. The van der Waals surface area contributed by atoms with Gasteiger partial charge in [0.15, 0.2) is 0 Å². The van der Waals surface area contributed by atoms with Gasteiger partial charge in [-0.05, 0) is 82.1 Å². The molecule has 8 heteroatoms. The molecule has 8 nitrogen and oxygen atoms in total. The van der Waals surface area contributed by atoms with Crippen LogP contribution in [-0.4, -0.2) is 74.5 Å². The lowest BCUT2D eigenvalue weighted by molar-refractivity contribution is -0.155. The van der Waals surface area contributed by atoms with Gasteiger partial charge in [-0.2, -0.15) is 0 Å². The Hall–Kier alpha value is -1.67. The normalized spacial score (nSPS) is 13.6. The molecule has 0 saturated carbocycles. The standard InChI is InChI=1S/C39H75NO4.C34H68O3/c1-5-8-11-12-13-14-17-22-27-36(34-44-39(42)37-32-40(4)33-37)28-23-18-15-16-19-24-29-38(41)43-31-30-35(25-20-9-6-2)26-21-10-7-3;1-4-7-10-11-12-13-16-21-26-33(31-35)27-22-17-14-15-18-23-28-34(36)37-30-29-32(24-19-8-5-2)25-20-9-6-3/h35-37H,5-34H2,1-4H3;32-33,35H,4-31H2,1-3H3. The quantitative estimate of drug-likeness (QED) is 0.0365. The number of hydrogen-bond donors (Lipinski definition) is 1. The van der Waals surface area contributed by atoms with Crippen LogP contribution in [0.2, 0.25) is 0 Å². The summed E-state index contributed by atoms with van der Waals surface area (Å²) in [7, 11) is 2.06. The zero-order chi connectivity index (χ0) is 59.3. The summed E-state index contributed by atoms with van der Waals surface area (Å²) in [5, 5.41) is 9.70. The Bertz CT molecular complexity index is 1280. The van der Waals surface area contributed by atoms with Gasteiger partial charge in [0, 0.05) is 32.5 Å². The molecule has 1 rings (SSSR count). The number of likely N-dealkylation sites (tertiary alicyclic amines) is 1. The van der Waals surface area contributed by atoms with Gasteiger partial charge < -0.3 is 24.2 Å². The molecular formula is C73H143NO7. The first kappa shape index (κ1) is 79.3. The number of aliphatic hydroxyl groups excluding tert-OH is 1. The van der Waals surface area contributed by atoms with Gasteiger partial charge in [-0.3, -0.25) is 14.4 Å². The fourth-order valence-electron chi connectivity index (χ4n) is 12.2. The van der Waals surface area contributed by atoms with E-state index in [4.69, 9.17) is 14.2 Å².